The molecule has 36 valence electrons. The number of hydrogen-bond acceptors (Lipinski definition) is 0. The molecule has 0 aliphatic heterocycles. The summed E-state index contributed by atoms with van der Waals surface area (Å²) in [6, 6.07) is 0. The van der Waals surface area contributed by atoms with E-state index >= 15 is 0 Å². The molecule has 0 aromatic carbocycles. The molecule has 0 saturated heterocycles. The topological polar surface area (TPSA) is 0 Å². The fourth-order valence-electron chi connectivity index (χ4n) is 0. The molecule has 0 aromatic heterocycles. The van der Waals surface area contributed by atoms with E-state index in [0.717, 1.165) is 0 Å². The van der Waals surface area contributed by atoms with Gasteiger partial charge in [0.05, 0.1) is 0 Å². The maximum atomic E-state index is 0. The summed E-state index contributed by atoms with van der Waals surface area (Å²) in [6.45, 7) is 0. The third-order valence-electron chi connectivity index (χ3n) is 0. The predicted octanol–water partition coefficient (Wildman–Crippen LogP) is -0.166. The first kappa shape index (κ1) is 48.6. The molecular formula is H2BeCrCu2Zr. The second-order valence-electron chi connectivity index (χ2n) is 0. The van der Waals surface area contributed by atoms with Crippen LogP contribution in [-0.4, -0.2) is 10.1 Å². The first-order chi connectivity index (χ1) is 0. The Morgan fingerprint density at radius 1 is 1.00 bits per heavy atom. The van der Waals surface area contributed by atoms with Crippen molar-refractivity contribution in [2.45, 2.75) is 0 Å². The molecule has 0 heterocycles. The van der Waals surface area contributed by atoms with E-state index in [1.807, 2.05) is 0 Å². The Labute approximate surface area is 89.6 Å². The molecule has 0 saturated carbocycles. The summed E-state index contributed by atoms with van der Waals surface area (Å²) in [5.74, 6) is 0. The minimum absolute atomic E-state index is 0. The van der Waals surface area contributed by atoms with E-state index in [0.29, 0.717) is 0 Å². The van der Waals surface area contributed by atoms with Crippen LogP contribution in [0.5, 0.6) is 0 Å². The summed E-state index contributed by atoms with van der Waals surface area (Å²) < 4.78 is 0. The molecule has 0 unspecified atom stereocenters. The van der Waals surface area contributed by atoms with Crippen molar-refractivity contribution in [1.29, 1.82) is 0 Å². The van der Waals surface area contributed by atoms with Crippen LogP contribution in [0.4, 0.5) is 0 Å². The molecule has 0 bridgehead atoms. The third kappa shape index (κ3) is 20.6. The molecule has 0 amide bonds. The van der Waals surface area contributed by atoms with Gasteiger partial charge in [0.25, 0.3) is 0 Å². The van der Waals surface area contributed by atoms with Crippen molar-refractivity contribution in [3.05, 3.63) is 0 Å². The van der Waals surface area contributed by atoms with Crippen molar-refractivity contribution < 1.29 is 80.6 Å². The van der Waals surface area contributed by atoms with Gasteiger partial charge in [-0.1, -0.05) is 0 Å². The van der Waals surface area contributed by atoms with Crippen LogP contribution in [-0.2, 0) is 77.7 Å². The summed E-state index contributed by atoms with van der Waals surface area (Å²) in [7, 11) is 0. The van der Waals surface area contributed by atoms with Crippen LogP contribution >= 0.6 is 0 Å². The Bertz CT molecular complexity index is 15.7. The average molecular weight is 281 g/mol. The monoisotopic (exact) mass is 279 g/mol. The molecule has 0 aromatic rings. The van der Waals surface area contributed by atoms with Gasteiger partial charge < -0.3 is 2.85 Å². The summed E-state index contributed by atoms with van der Waals surface area (Å²) >= 11 is 0. The van der Waals surface area contributed by atoms with E-state index in [2.05, 4.69) is 0 Å². The van der Waals surface area contributed by atoms with Crippen LogP contribution in [0.2, 0.25) is 0 Å². The fraction of sp³-hybridized carbons (Fsp3) is 0. The second-order valence-corrected chi connectivity index (χ2v) is 0. The van der Waals surface area contributed by atoms with Crippen LogP contribution in [0, 0.1) is 0 Å². The Hall–Kier alpha value is 2.62. The Morgan fingerprint density at radius 2 is 1.00 bits per heavy atom. The second kappa shape index (κ2) is 30.4. The van der Waals surface area contributed by atoms with E-state index in [4.69, 9.17) is 0 Å². The van der Waals surface area contributed by atoms with Gasteiger partial charge in [-0.05, 0) is 0 Å². The van der Waals surface area contributed by atoms with Gasteiger partial charge in [0.2, 0.25) is 0 Å². The van der Waals surface area contributed by atoms with Crippen LogP contribution in [0.15, 0.2) is 0 Å². The molecular weight excluding hydrogens is 279 g/mol. The first-order valence-corrected chi connectivity index (χ1v) is 0. The zero-order valence-electron chi connectivity index (χ0n) is 4.22. The molecule has 0 aliphatic rings. The molecule has 0 nitrogen and oxygen atoms in total. The molecule has 0 rings (SSSR count). The standard InChI is InChI=1S/Be.Cr.2Cu.Zr.2H/q+2;;;;;2*-1. The van der Waals surface area contributed by atoms with Gasteiger partial charge in [-0.25, -0.2) is 0 Å². The van der Waals surface area contributed by atoms with Gasteiger partial charge in [0.15, 0.2) is 0 Å². The van der Waals surface area contributed by atoms with E-state index in [-0.39, 0.29) is 90.7 Å². The van der Waals surface area contributed by atoms with Gasteiger partial charge >= 0.3 is 10.1 Å². The molecule has 0 atom stereocenters. The summed E-state index contributed by atoms with van der Waals surface area (Å²) in [5, 5.41) is 0. The fourth-order valence-corrected chi connectivity index (χ4v) is 0. The largest absolute Gasteiger partial charge is 2.00 e. The smallest absolute Gasteiger partial charge is 1.00 e. The summed E-state index contributed by atoms with van der Waals surface area (Å²) in [5.41, 5.74) is 0. The average Bonchev–Trinajstić information content (AvgIpc) is 0. The van der Waals surface area contributed by atoms with Crippen molar-refractivity contribution in [2.24, 2.45) is 0 Å². The van der Waals surface area contributed by atoms with E-state index in [1.54, 1.807) is 0 Å². The van der Waals surface area contributed by atoms with Crippen LogP contribution < -0.4 is 0 Å². The van der Waals surface area contributed by atoms with Crippen LogP contribution in [0.3, 0.4) is 0 Å². The summed E-state index contributed by atoms with van der Waals surface area (Å²) in [6.07, 6.45) is 0. The molecule has 5 heavy (non-hydrogen) atoms. The van der Waals surface area contributed by atoms with Gasteiger partial charge in [-0.15, -0.1) is 0 Å². The Kier molecular flexibility index (Phi) is 296. The predicted molar refractivity (Wildman–Crippen MR) is 7.98 cm³/mol. The zero-order chi connectivity index (χ0) is 0. The molecule has 5 heteroatoms. The van der Waals surface area contributed by atoms with E-state index in [1.165, 1.54) is 0 Å². The molecule has 2 radical (unpaired) electrons. The maximum absolute atomic E-state index is 0. The minimum Gasteiger partial charge on any atom is -1.00 e. The van der Waals surface area contributed by atoms with Crippen molar-refractivity contribution >= 4 is 10.1 Å². The quantitative estimate of drug-likeness (QED) is 0.541. The normalized spacial score (nSPS) is 0. The third-order valence-corrected chi connectivity index (χ3v) is 0. The van der Waals surface area contributed by atoms with Crippen molar-refractivity contribution in [3.63, 3.8) is 0 Å². The molecule has 0 aliphatic carbocycles. The van der Waals surface area contributed by atoms with Gasteiger partial charge in [0, 0.05) is 77.7 Å². The SMILES string of the molecule is [Be+2].[Cr].[Cu].[Cu].[H-].[H-].[Zr]. The molecule has 0 spiro atoms. The summed E-state index contributed by atoms with van der Waals surface area (Å²) in [4.78, 5) is 0. The van der Waals surface area contributed by atoms with E-state index < -0.39 is 0 Å². The molecule has 0 fully saturated rings. The first-order valence-electron chi connectivity index (χ1n) is 0. The Morgan fingerprint density at radius 3 is 1.00 bits per heavy atom. The zero-order valence-corrected chi connectivity index (χ0v) is 7.83. The van der Waals surface area contributed by atoms with Crippen LogP contribution in [0.25, 0.3) is 0 Å². The van der Waals surface area contributed by atoms with Crippen molar-refractivity contribution in [1.82, 2.24) is 0 Å². The number of hydrogen-bond donors (Lipinski definition) is 0. The van der Waals surface area contributed by atoms with Gasteiger partial charge in [-0.2, -0.15) is 0 Å². The maximum Gasteiger partial charge on any atom is 2.00 e. The minimum atomic E-state index is 0. The number of rotatable bonds is 0. The van der Waals surface area contributed by atoms with Gasteiger partial charge in [-0.3, -0.25) is 0 Å². The van der Waals surface area contributed by atoms with Gasteiger partial charge in [0.1, 0.15) is 0 Å². The van der Waals surface area contributed by atoms with Crippen molar-refractivity contribution in [2.75, 3.05) is 0 Å². The Balaban J connectivity index is 0. The molecule has 0 N–H and O–H groups in total. The van der Waals surface area contributed by atoms with Crippen LogP contribution in [0.1, 0.15) is 2.85 Å². The van der Waals surface area contributed by atoms with E-state index in [9.17, 15) is 0 Å². The van der Waals surface area contributed by atoms with Crippen molar-refractivity contribution in [3.8, 4) is 0 Å².